The van der Waals surface area contributed by atoms with Crippen molar-refractivity contribution in [1.29, 1.82) is 0 Å². The van der Waals surface area contributed by atoms with Crippen LogP contribution in [0.1, 0.15) is 39.5 Å². The molecule has 1 rings (SSSR count). The van der Waals surface area contributed by atoms with E-state index in [2.05, 4.69) is 36.4 Å². The van der Waals surface area contributed by atoms with Gasteiger partial charge in [-0.15, -0.1) is 0 Å². The number of carbonyl (C=O) groups is 2. The van der Waals surface area contributed by atoms with Crippen LogP contribution in [-0.2, 0) is 9.59 Å². The second-order valence-electron chi connectivity index (χ2n) is 5.61. The highest BCUT2D eigenvalue weighted by Crippen LogP contribution is 2.10. The number of rotatable bonds is 7. The summed E-state index contributed by atoms with van der Waals surface area (Å²) in [6.45, 7) is 6.64. The molecule has 1 saturated heterocycles. The number of amides is 2. The highest BCUT2D eigenvalue weighted by Gasteiger charge is 2.23. The van der Waals surface area contributed by atoms with Gasteiger partial charge in [-0.05, 0) is 46.7 Å². The van der Waals surface area contributed by atoms with Gasteiger partial charge in [-0.25, -0.2) is 0 Å². The van der Waals surface area contributed by atoms with Crippen LogP contribution >= 0.6 is 0 Å². The van der Waals surface area contributed by atoms with Crippen LogP contribution in [0.15, 0.2) is 0 Å². The molecule has 0 aromatic heterocycles. The Morgan fingerprint density at radius 2 is 2.21 bits per heavy atom. The first-order valence-corrected chi connectivity index (χ1v) is 7.25. The van der Waals surface area contributed by atoms with E-state index in [-0.39, 0.29) is 17.7 Å². The zero-order chi connectivity index (χ0) is 14.3. The lowest BCUT2D eigenvalue weighted by atomic mass is 9.98. The molecule has 2 N–H and O–H groups in total. The predicted octanol–water partition coefficient (Wildman–Crippen LogP) is 0.749. The van der Waals surface area contributed by atoms with Crippen LogP contribution in [-0.4, -0.2) is 49.4 Å². The molecule has 0 bridgehead atoms. The van der Waals surface area contributed by atoms with Crippen molar-refractivity contribution < 1.29 is 9.59 Å². The summed E-state index contributed by atoms with van der Waals surface area (Å²) in [7, 11) is 2.12. The zero-order valence-corrected chi connectivity index (χ0v) is 12.4. The summed E-state index contributed by atoms with van der Waals surface area (Å²) in [5.41, 5.74) is 0. The Kier molecular flexibility index (Phi) is 6.84. The number of piperidine rings is 1. The molecule has 0 radical (unpaired) electrons. The molecule has 0 aromatic rings. The number of unbranched alkanes of at least 4 members (excludes halogenated alkanes) is 1. The molecule has 1 fully saturated rings. The fourth-order valence-electron chi connectivity index (χ4n) is 2.06. The van der Waals surface area contributed by atoms with Gasteiger partial charge in [-0.1, -0.05) is 0 Å². The van der Waals surface area contributed by atoms with Gasteiger partial charge in [0, 0.05) is 25.6 Å². The number of nitrogens with one attached hydrogen (secondary N) is 2. The molecule has 1 atom stereocenters. The second-order valence-corrected chi connectivity index (χ2v) is 5.61. The monoisotopic (exact) mass is 269 g/mol. The van der Waals surface area contributed by atoms with Crippen LogP contribution in [0.4, 0.5) is 0 Å². The van der Waals surface area contributed by atoms with Gasteiger partial charge in [0.15, 0.2) is 0 Å². The van der Waals surface area contributed by atoms with Gasteiger partial charge in [-0.2, -0.15) is 0 Å². The molecule has 0 aliphatic carbocycles. The lowest BCUT2D eigenvalue weighted by molar-refractivity contribution is -0.128. The van der Waals surface area contributed by atoms with E-state index in [1.165, 1.54) is 0 Å². The van der Waals surface area contributed by atoms with Crippen molar-refractivity contribution in [3.05, 3.63) is 0 Å². The van der Waals surface area contributed by atoms with Crippen LogP contribution in [0.5, 0.6) is 0 Å². The van der Waals surface area contributed by atoms with E-state index in [1.807, 2.05) is 0 Å². The van der Waals surface area contributed by atoms with E-state index in [4.69, 9.17) is 0 Å². The molecule has 1 heterocycles. The quantitative estimate of drug-likeness (QED) is 0.670. The first-order chi connectivity index (χ1) is 9.00. The minimum Gasteiger partial charge on any atom is -0.356 e. The molecule has 1 aliphatic heterocycles. The normalized spacial score (nSPS) is 19.6. The Bertz CT molecular complexity index is 295. The van der Waals surface area contributed by atoms with E-state index in [1.54, 1.807) is 0 Å². The second kappa shape index (κ2) is 8.15. The van der Waals surface area contributed by atoms with Gasteiger partial charge in [0.25, 0.3) is 0 Å². The van der Waals surface area contributed by atoms with Crippen LogP contribution in [0, 0.1) is 5.92 Å². The van der Waals surface area contributed by atoms with Gasteiger partial charge >= 0.3 is 0 Å². The van der Waals surface area contributed by atoms with Gasteiger partial charge in [0.1, 0.15) is 0 Å². The fourth-order valence-corrected chi connectivity index (χ4v) is 2.06. The third-order valence-electron chi connectivity index (χ3n) is 3.75. The maximum Gasteiger partial charge on any atom is 0.224 e. The molecule has 5 heteroatoms. The van der Waals surface area contributed by atoms with Crippen molar-refractivity contribution >= 4 is 11.8 Å². The first kappa shape index (κ1) is 16.0. The first-order valence-electron chi connectivity index (χ1n) is 7.25. The average Bonchev–Trinajstić information content (AvgIpc) is 2.38. The molecule has 0 saturated carbocycles. The molecular weight excluding hydrogens is 242 g/mol. The van der Waals surface area contributed by atoms with Crippen molar-refractivity contribution in [2.45, 2.75) is 45.6 Å². The number of nitrogens with zero attached hydrogens (tertiary/aromatic N) is 1. The van der Waals surface area contributed by atoms with Gasteiger partial charge < -0.3 is 15.5 Å². The van der Waals surface area contributed by atoms with E-state index in [0.717, 1.165) is 25.9 Å². The molecule has 0 spiro atoms. The molecule has 1 aliphatic rings. The summed E-state index contributed by atoms with van der Waals surface area (Å²) in [4.78, 5) is 25.1. The highest BCUT2D eigenvalue weighted by molar-refractivity contribution is 5.83. The molecule has 5 nitrogen and oxygen atoms in total. The topological polar surface area (TPSA) is 61.4 Å². The summed E-state index contributed by atoms with van der Waals surface area (Å²) >= 11 is 0. The number of hydrogen-bond donors (Lipinski definition) is 2. The standard InChI is InChI=1S/C14H27N3O2/c1-11(2)17(3)9-5-4-8-15-14(19)12-6-7-13(18)16-10-12/h11-12H,4-10H2,1-3H3,(H,15,19)(H,16,18). The van der Waals surface area contributed by atoms with E-state index in [9.17, 15) is 9.59 Å². The summed E-state index contributed by atoms with van der Waals surface area (Å²) in [6, 6.07) is 0.570. The van der Waals surface area contributed by atoms with Crippen LogP contribution in [0.3, 0.4) is 0 Å². The molecule has 110 valence electrons. The average molecular weight is 269 g/mol. The smallest absolute Gasteiger partial charge is 0.224 e. The third kappa shape index (κ3) is 6.05. The van der Waals surface area contributed by atoms with Gasteiger partial charge in [0.2, 0.25) is 11.8 Å². The maximum absolute atomic E-state index is 11.8. The van der Waals surface area contributed by atoms with Crippen LogP contribution < -0.4 is 10.6 Å². The Morgan fingerprint density at radius 3 is 2.79 bits per heavy atom. The zero-order valence-electron chi connectivity index (χ0n) is 12.4. The third-order valence-corrected chi connectivity index (χ3v) is 3.75. The highest BCUT2D eigenvalue weighted by atomic mass is 16.2. The SMILES string of the molecule is CC(C)N(C)CCCCNC(=O)C1CCC(=O)NC1. The molecule has 1 unspecified atom stereocenters. The van der Waals surface area contributed by atoms with E-state index < -0.39 is 0 Å². The maximum atomic E-state index is 11.8. The Balaban J connectivity index is 2.06. The minimum atomic E-state index is -0.0453. The number of carbonyl (C=O) groups excluding carboxylic acids is 2. The number of hydrogen-bond acceptors (Lipinski definition) is 3. The lowest BCUT2D eigenvalue weighted by Gasteiger charge is -2.22. The summed E-state index contributed by atoms with van der Waals surface area (Å²) < 4.78 is 0. The van der Waals surface area contributed by atoms with Crippen molar-refractivity contribution in [3.8, 4) is 0 Å². The molecular formula is C14H27N3O2. The Morgan fingerprint density at radius 1 is 1.47 bits per heavy atom. The van der Waals surface area contributed by atoms with Crippen molar-refractivity contribution in [2.24, 2.45) is 5.92 Å². The Labute approximate surface area is 116 Å². The van der Waals surface area contributed by atoms with Crippen LogP contribution in [0.2, 0.25) is 0 Å². The van der Waals surface area contributed by atoms with Crippen molar-refractivity contribution in [2.75, 3.05) is 26.7 Å². The van der Waals surface area contributed by atoms with Gasteiger partial charge in [-0.3, -0.25) is 9.59 Å². The van der Waals surface area contributed by atoms with Crippen molar-refractivity contribution in [1.82, 2.24) is 15.5 Å². The molecule has 19 heavy (non-hydrogen) atoms. The fraction of sp³-hybridized carbons (Fsp3) is 0.857. The van der Waals surface area contributed by atoms with Gasteiger partial charge in [0.05, 0.1) is 5.92 Å². The van der Waals surface area contributed by atoms with Crippen LogP contribution in [0.25, 0.3) is 0 Å². The summed E-state index contributed by atoms with van der Waals surface area (Å²) in [6.07, 6.45) is 3.24. The van der Waals surface area contributed by atoms with E-state index in [0.29, 0.717) is 25.4 Å². The Hall–Kier alpha value is -1.10. The van der Waals surface area contributed by atoms with E-state index >= 15 is 0 Å². The lowest BCUT2D eigenvalue weighted by Crippen LogP contribution is -2.43. The van der Waals surface area contributed by atoms with Crippen molar-refractivity contribution in [3.63, 3.8) is 0 Å². The minimum absolute atomic E-state index is 0.0453. The molecule has 2 amide bonds. The molecule has 0 aromatic carbocycles. The summed E-state index contributed by atoms with van der Waals surface area (Å²) in [5, 5.41) is 5.70. The largest absolute Gasteiger partial charge is 0.356 e. The predicted molar refractivity (Wildman–Crippen MR) is 75.7 cm³/mol. The summed E-state index contributed by atoms with van der Waals surface area (Å²) in [5.74, 6) is 0.0917.